The van der Waals surface area contributed by atoms with Gasteiger partial charge in [0.2, 0.25) is 0 Å². The lowest BCUT2D eigenvalue weighted by molar-refractivity contribution is 0.0944. The van der Waals surface area contributed by atoms with Crippen molar-refractivity contribution in [2.45, 2.75) is 13.1 Å². The van der Waals surface area contributed by atoms with Crippen LogP contribution in [0.15, 0.2) is 47.1 Å². The Morgan fingerprint density at radius 3 is 2.87 bits per heavy atom. The molecule has 1 amide bonds. The van der Waals surface area contributed by atoms with Gasteiger partial charge in [0.15, 0.2) is 11.5 Å². The van der Waals surface area contributed by atoms with Crippen molar-refractivity contribution < 1.29 is 9.21 Å². The summed E-state index contributed by atoms with van der Waals surface area (Å²) in [6.07, 6.45) is 1.54. The minimum atomic E-state index is -0.413. The third kappa shape index (κ3) is 3.35. The number of anilines is 1. The first kappa shape index (κ1) is 15.1. The second-order valence-corrected chi connectivity index (χ2v) is 5.24. The lowest BCUT2D eigenvalue weighted by atomic mass is 10.2. The third-order valence-corrected chi connectivity index (χ3v) is 3.64. The molecule has 3 aromatic rings. The van der Waals surface area contributed by atoms with Gasteiger partial charge in [0.1, 0.15) is 5.76 Å². The number of furan rings is 1. The Labute approximate surface area is 137 Å². The fraction of sp³-hybridized carbons (Fsp3) is 0.133. The van der Waals surface area contributed by atoms with Gasteiger partial charge in [0.05, 0.1) is 19.4 Å². The van der Waals surface area contributed by atoms with Crippen molar-refractivity contribution in [2.75, 3.05) is 5.73 Å². The van der Waals surface area contributed by atoms with Crippen LogP contribution in [0.25, 0.3) is 0 Å². The summed E-state index contributed by atoms with van der Waals surface area (Å²) >= 11 is 6.11. The maximum Gasteiger partial charge on any atom is 0.276 e. The number of carbonyl (C=O) groups excluding carboxylic acids is 1. The predicted molar refractivity (Wildman–Crippen MR) is 84.9 cm³/mol. The van der Waals surface area contributed by atoms with Crippen molar-refractivity contribution in [3.8, 4) is 0 Å². The lowest BCUT2D eigenvalue weighted by Gasteiger charge is -2.06. The van der Waals surface area contributed by atoms with E-state index in [-0.39, 0.29) is 18.1 Å². The average Bonchev–Trinajstić information content (AvgIpc) is 3.18. The number of halogens is 1. The van der Waals surface area contributed by atoms with Crippen molar-refractivity contribution in [2.24, 2.45) is 0 Å². The second kappa shape index (κ2) is 6.53. The molecule has 2 aromatic heterocycles. The van der Waals surface area contributed by atoms with E-state index in [1.807, 2.05) is 18.2 Å². The predicted octanol–water partition coefficient (Wildman–Crippen LogP) is 2.08. The molecule has 3 N–H and O–H groups in total. The molecule has 0 radical (unpaired) electrons. The molecule has 1 aromatic carbocycles. The monoisotopic (exact) mass is 331 g/mol. The molecule has 0 unspecified atom stereocenters. The van der Waals surface area contributed by atoms with Crippen LogP contribution in [0.2, 0.25) is 5.02 Å². The summed E-state index contributed by atoms with van der Waals surface area (Å²) in [4.78, 5) is 12.1. The van der Waals surface area contributed by atoms with Gasteiger partial charge >= 0.3 is 0 Å². The van der Waals surface area contributed by atoms with Crippen LogP contribution < -0.4 is 11.1 Å². The zero-order chi connectivity index (χ0) is 16.2. The summed E-state index contributed by atoms with van der Waals surface area (Å²) in [6, 6.07) is 10.9. The minimum absolute atomic E-state index is 0.0728. The molecular formula is C15H14ClN5O2. The van der Waals surface area contributed by atoms with E-state index in [9.17, 15) is 4.79 Å². The van der Waals surface area contributed by atoms with Crippen LogP contribution >= 0.6 is 11.6 Å². The summed E-state index contributed by atoms with van der Waals surface area (Å²) < 4.78 is 6.58. The Hall–Kier alpha value is -2.80. The normalized spacial score (nSPS) is 10.7. The maximum atomic E-state index is 12.1. The molecule has 0 saturated carbocycles. The van der Waals surface area contributed by atoms with Gasteiger partial charge < -0.3 is 15.5 Å². The van der Waals surface area contributed by atoms with Gasteiger partial charge in [-0.1, -0.05) is 35.0 Å². The van der Waals surface area contributed by atoms with E-state index >= 15 is 0 Å². The molecule has 3 rings (SSSR count). The summed E-state index contributed by atoms with van der Waals surface area (Å²) in [5.41, 5.74) is 6.88. The van der Waals surface area contributed by atoms with Crippen LogP contribution in [0.4, 0.5) is 5.82 Å². The number of hydrogen-bond acceptors (Lipinski definition) is 5. The fourth-order valence-electron chi connectivity index (χ4n) is 2.05. The SMILES string of the molecule is Nc1c(C(=O)NCc2ccco2)nnn1Cc1ccccc1Cl. The molecule has 0 bridgehead atoms. The fourth-order valence-corrected chi connectivity index (χ4v) is 2.25. The van der Waals surface area contributed by atoms with E-state index in [1.165, 1.54) is 10.9 Å². The number of nitrogens with two attached hydrogens (primary N) is 1. The summed E-state index contributed by atoms with van der Waals surface area (Å²) in [7, 11) is 0. The molecular weight excluding hydrogens is 318 g/mol. The number of nitrogens with zero attached hydrogens (tertiary/aromatic N) is 3. The summed E-state index contributed by atoms with van der Waals surface area (Å²) in [5.74, 6) is 0.409. The van der Waals surface area contributed by atoms with Crippen LogP contribution in [0.1, 0.15) is 21.8 Å². The van der Waals surface area contributed by atoms with E-state index in [0.717, 1.165) is 5.56 Å². The molecule has 0 saturated heterocycles. The van der Waals surface area contributed by atoms with Crippen molar-refractivity contribution in [1.82, 2.24) is 20.3 Å². The molecule has 7 nitrogen and oxygen atoms in total. The third-order valence-electron chi connectivity index (χ3n) is 3.27. The highest BCUT2D eigenvalue weighted by atomic mass is 35.5. The Kier molecular flexibility index (Phi) is 4.29. The molecule has 8 heteroatoms. The highest BCUT2D eigenvalue weighted by Gasteiger charge is 2.18. The Bertz CT molecular complexity index is 813. The smallest absolute Gasteiger partial charge is 0.276 e. The van der Waals surface area contributed by atoms with Gasteiger partial charge in [-0.2, -0.15) is 0 Å². The van der Waals surface area contributed by atoms with E-state index in [4.69, 9.17) is 21.8 Å². The average molecular weight is 332 g/mol. The van der Waals surface area contributed by atoms with Crippen molar-refractivity contribution >= 4 is 23.3 Å². The number of nitrogen functional groups attached to an aromatic ring is 1. The quantitative estimate of drug-likeness (QED) is 0.745. The van der Waals surface area contributed by atoms with Crippen molar-refractivity contribution in [3.63, 3.8) is 0 Å². The van der Waals surface area contributed by atoms with Crippen LogP contribution in [0.5, 0.6) is 0 Å². The minimum Gasteiger partial charge on any atom is -0.467 e. The zero-order valence-corrected chi connectivity index (χ0v) is 12.8. The van der Waals surface area contributed by atoms with Gasteiger partial charge in [-0.15, -0.1) is 5.10 Å². The first-order valence-electron chi connectivity index (χ1n) is 6.88. The van der Waals surface area contributed by atoms with E-state index in [2.05, 4.69) is 15.6 Å². The topological polar surface area (TPSA) is 99.0 Å². The summed E-state index contributed by atoms with van der Waals surface area (Å²) in [6.45, 7) is 0.590. The Morgan fingerprint density at radius 2 is 2.13 bits per heavy atom. The van der Waals surface area contributed by atoms with E-state index in [1.54, 1.807) is 18.2 Å². The van der Waals surface area contributed by atoms with E-state index in [0.29, 0.717) is 17.3 Å². The lowest BCUT2D eigenvalue weighted by Crippen LogP contribution is -2.24. The van der Waals surface area contributed by atoms with Crippen molar-refractivity contribution in [3.05, 3.63) is 64.7 Å². The molecule has 0 fully saturated rings. The number of hydrogen-bond donors (Lipinski definition) is 2. The first-order valence-corrected chi connectivity index (χ1v) is 7.26. The number of benzene rings is 1. The maximum absolute atomic E-state index is 12.1. The Morgan fingerprint density at radius 1 is 1.30 bits per heavy atom. The number of aromatic nitrogens is 3. The molecule has 0 aliphatic carbocycles. The van der Waals surface area contributed by atoms with Crippen LogP contribution in [0.3, 0.4) is 0 Å². The van der Waals surface area contributed by atoms with Crippen LogP contribution in [-0.4, -0.2) is 20.9 Å². The standard InChI is InChI=1S/C15H14ClN5O2/c16-12-6-2-1-4-10(12)9-21-14(17)13(19-20-21)15(22)18-8-11-5-3-7-23-11/h1-7H,8-9,17H2,(H,18,22). The molecule has 0 spiro atoms. The molecule has 118 valence electrons. The molecule has 0 atom stereocenters. The van der Waals surface area contributed by atoms with Gasteiger partial charge in [-0.3, -0.25) is 4.79 Å². The van der Waals surface area contributed by atoms with Crippen LogP contribution in [-0.2, 0) is 13.1 Å². The zero-order valence-electron chi connectivity index (χ0n) is 12.1. The second-order valence-electron chi connectivity index (χ2n) is 4.83. The number of nitrogens with one attached hydrogen (secondary N) is 1. The van der Waals surface area contributed by atoms with Gasteiger partial charge in [-0.25, -0.2) is 4.68 Å². The van der Waals surface area contributed by atoms with Crippen molar-refractivity contribution in [1.29, 1.82) is 0 Å². The number of rotatable bonds is 5. The van der Waals surface area contributed by atoms with Gasteiger partial charge in [0.25, 0.3) is 5.91 Å². The van der Waals surface area contributed by atoms with Gasteiger partial charge in [0, 0.05) is 5.02 Å². The van der Waals surface area contributed by atoms with E-state index < -0.39 is 5.91 Å². The van der Waals surface area contributed by atoms with Gasteiger partial charge in [-0.05, 0) is 23.8 Å². The molecule has 0 aliphatic rings. The molecule has 2 heterocycles. The highest BCUT2D eigenvalue weighted by Crippen LogP contribution is 2.18. The van der Waals surface area contributed by atoms with Crippen LogP contribution in [0, 0.1) is 0 Å². The largest absolute Gasteiger partial charge is 0.467 e. The summed E-state index contributed by atoms with van der Waals surface area (Å²) in [5, 5.41) is 11.0. The Balaban J connectivity index is 1.71. The first-order chi connectivity index (χ1) is 11.1. The number of carbonyl (C=O) groups is 1. The highest BCUT2D eigenvalue weighted by molar-refractivity contribution is 6.31. The molecule has 23 heavy (non-hydrogen) atoms. The number of amides is 1. The molecule has 0 aliphatic heterocycles.